The van der Waals surface area contributed by atoms with Crippen LogP contribution >= 0.6 is 0 Å². The molecule has 1 aliphatic carbocycles. The van der Waals surface area contributed by atoms with E-state index < -0.39 is 0 Å². The fourth-order valence-electron chi connectivity index (χ4n) is 2.92. The Kier molecular flexibility index (Phi) is 4.46. The molecule has 0 saturated heterocycles. The molecule has 0 unspecified atom stereocenters. The van der Waals surface area contributed by atoms with E-state index in [1.165, 1.54) is 31.2 Å². The van der Waals surface area contributed by atoms with Crippen molar-refractivity contribution in [2.45, 2.75) is 38.3 Å². The third-order valence-electron chi connectivity index (χ3n) is 4.09. The number of rotatable bonds is 5. The summed E-state index contributed by atoms with van der Waals surface area (Å²) in [4.78, 5) is 8.19. The van der Waals surface area contributed by atoms with Crippen molar-refractivity contribution in [3.05, 3.63) is 42.5 Å². The molecular weight excluding hydrogens is 262 g/mol. The third-order valence-corrected chi connectivity index (χ3v) is 4.09. The van der Waals surface area contributed by atoms with Crippen LogP contribution in [0.1, 0.15) is 31.2 Å². The minimum absolute atomic E-state index is 0.676. The first kappa shape index (κ1) is 14.0. The summed E-state index contributed by atoms with van der Waals surface area (Å²) < 4.78 is 5.46. The summed E-state index contributed by atoms with van der Waals surface area (Å²) in [5, 5.41) is 3.64. The van der Waals surface area contributed by atoms with Crippen LogP contribution in [0.25, 0.3) is 11.1 Å². The van der Waals surface area contributed by atoms with Crippen molar-refractivity contribution < 1.29 is 4.74 Å². The summed E-state index contributed by atoms with van der Waals surface area (Å²) in [5.74, 6) is 0.856. The summed E-state index contributed by atoms with van der Waals surface area (Å²) in [6.45, 7) is 0.898. The van der Waals surface area contributed by atoms with Crippen molar-refractivity contribution in [1.29, 1.82) is 0 Å². The number of nitrogens with one attached hydrogen (secondary N) is 1. The second-order valence-corrected chi connectivity index (χ2v) is 5.52. The maximum atomic E-state index is 5.46. The van der Waals surface area contributed by atoms with Crippen LogP contribution in [-0.4, -0.2) is 23.1 Å². The van der Waals surface area contributed by atoms with Gasteiger partial charge in [0.05, 0.1) is 7.11 Å². The minimum atomic E-state index is 0.676. The lowest BCUT2D eigenvalue weighted by molar-refractivity contribution is 0.416. The van der Waals surface area contributed by atoms with Crippen LogP contribution in [0.15, 0.2) is 36.9 Å². The SMILES string of the molecule is COc1ccc(CNC2CCCC2)cc1-c1cncnc1. The summed E-state index contributed by atoms with van der Waals surface area (Å²) >= 11 is 0. The van der Waals surface area contributed by atoms with Gasteiger partial charge in [-0.2, -0.15) is 0 Å². The zero-order valence-electron chi connectivity index (χ0n) is 12.4. The van der Waals surface area contributed by atoms with Gasteiger partial charge < -0.3 is 10.1 Å². The second kappa shape index (κ2) is 6.68. The lowest BCUT2D eigenvalue weighted by Gasteiger charge is -2.14. The highest BCUT2D eigenvalue weighted by molar-refractivity contribution is 5.69. The Morgan fingerprint density at radius 3 is 2.67 bits per heavy atom. The van der Waals surface area contributed by atoms with Gasteiger partial charge in [0.2, 0.25) is 0 Å². The monoisotopic (exact) mass is 283 g/mol. The average molecular weight is 283 g/mol. The highest BCUT2D eigenvalue weighted by Crippen LogP contribution is 2.30. The van der Waals surface area contributed by atoms with Crippen molar-refractivity contribution in [3.63, 3.8) is 0 Å². The summed E-state index contributed by atoms with van der Waals surface area (Å²) in [5.41, 5.74) is 3.29. The fourth-order valence-corrected chi connectivity index (χ4v) is 2.92. The number of hydrogen-bond acceptors (Lipinski definition) is 4. The molecule has 0 amide bonds. The fraction of sp³-hybridized carbons (Fsp3) is 0.412. The molecule has 0 aliphatic heterocycles. The maximum Gasteiger partial charge on any atom is 0.126 e. The standard InChI is InChI=1S/C17H21N3O/c1-21-17-7-6-13(9-20-15-4-2-3-5-15)8-16(17)14-10-18-12-19-11-14/h6-8,10-12,15,20H,2-5,9H2,1H3. The van der Waals surface area contributed by atoms with E-state index in [-0.39, 0.29) is 0 Å². The Balaban J connectivity index is 1.79. The zero-order valence-corrected chi connectivity index (χ0v) is 12.4. The van der Waals surface area contributed by atoms with Crippen LogP contribution in [0.3, 0.4) is 0 Å². The van der Waals surface area contributed by atoms with Crippen molar-refractivity contribution in [2.24, 2.45) is 0 Å². The van der Waals surface area contributed by atoms with Gasteiger partial charge in [0, 0.05) is 36.1 Å². The van der Waals surface area contributed by atoms with Gasteiger partial charge in [-0.15, -0.1) is 0 Å². The third kappa shape index (κ3) is 3.39. The highest BCUT2D eigenvalue weighted by Gasteiger charge is 2.14. The number of ether oxygens (including phenoxy) is 1. The Hall–Kier alpha value is -1.94. The van der Waals surface area contributed by atoms with E-state index in [1.54, 1.807) is 13.4 Å². The number of nitrogens with zero attached hydrogens (tertiary/aromatic N) is 2. The number of benzene rings is 1. The molecule has 1 aromatic heterocycles. The molecule has 1 aliphatic rings. The largest absolute Gasteiger partial charge is 0.496 e. The lowest BCUT2D eigenvalue weighted by atomic mass is 10.0. The van der Waals surface area contributed by atoms with Gasteiger partial charge in [-0.25, -0.2) is 9.97 Å². The number of aromatic nitrogens is 2. The topological polar surface area (TPSA) is 47.0 Å². The van der Waals surface area contributed by atoms with Gasteiger partial charge >= 0.3 is 0 Å². The highest BCUT2D eigenvalue weighted by atomic mass is 16.5. The first-order valence-electron chi connectivity index (χ1n) is 7.52. The van der Waals surface area contributed by atoms with Crippen molar-refractivity contribution >= 4 is 0 Å². The Labute approximate surface area is 125 Å². The quantitative estimate of drug-likeness (QED) is 0.915. The molecule has 21 heavy (non-hydrogen) atoms. The predicted octanol–water partition coefficient (Wildman–Crippen LogP) is 3.18. The van der Waals surface area contributed by atoms with Crippen LogP contribution in [-0.2, 0) is 6.54 Å². The molecule has 1 aromatic carbocycles. The predicted molar refractivity (Wildman–Crippen MR) is 83.1 cm³/mol. The van der Waals surface area contributed by atoms with Crippen LogP contribution in [0.5, 0.6) is 5.75 Å². The molecule has 0 spiro atoms. The van der Waals surface area contributed by atoms with Gasteiger partial charge in [0.25, 0.3) is 0 Å². The summed E-state index contributed by atoms with van der Waals surface area (Å²) in [6, 6.07) is 6.98. The average Bonchev–Trinajstić information content (AvgIpc) is 3.07. The molecule has 0 atom stereocenters. The first-order chi connectivity index (χ1) is 10.4. The zero-order chi connectivity index (χ0) is 14.5. The Morgan fingerprint density at radius 2 is 1.95 bits per heavy atom. The van der Waals surface area contributed by atoms with E-state index in [1.807, 2.05) is 18.5 Å². The lowest BCUT2D eigenvalue weighted by Crippen LogP contribution is -2.25. The number of hydrogen-bond donors (Lipinski definition) is 1. The molecule has 1 fully saturated rings. The Bertz CT molecular complexity index is 580. The number of methoxy groups -OCH3 is 1. The molecule has 3 rings (SSSR count). The molecule has 110 valence electrons. The van der Waals surface area contributed by atoms with E-state index in [0.29, 0.717) is 6.04 Å². The normalized spacial score (nSPS) is 15.3. The van der Waals surface area contributed by atoms with Gasteiger partial charge in [-0.05, 0) is 30.5 Å². The molecular formula is C17H21N3O. The molecule has 1 heterocycles. The second-order valence-electron chi connectivity index (χ2n) is 5.52. The van der Waals surface area contributed by atoms with Crippen molar-refractivity contribution in [2.75, 3.05) is 7.11 Å². The molecule has 0 radical (unpaired) electrons. The van der Waals surface area contributed by atoms with Crippen molar-refractivity contribution in [1.82, 2.24) is 15.3 Å². The van der Waals surface area contributed by atoms with Crippen LogP contribution in [0.4, 0.5) is 0 Å². The van der Waals surface area contributed by atoms with Gasteiger partial charge in [0.15, 0.2) is 0 Å². The van der Waals surface area contributed by atoms with Crippen LogP contribution < -0.4 is 10.1 Å². The van der Waals surface area contributed by atoms with E-state index in [4.69, 9.17) is 4.74 Å². The first-order valence-corrected chi connectivity index (χ1v) is 7.52. The van der Waals surface area contributed by atoms with E-state index in [9.17, 15) is 0 Å². The minimum Gasteiger partial charge on any atom is -0.496 e. The van der Waals surface area contributed by atoms with Crippen LogP contribution in [0, 0.1) is 0 Å². The van der Waals surface area contributed by atoms with E-state index >= 15 is 0 Å². The van der Waals surface area contributed by atoms with E-state index in [0.717, 1.165) is 23.4 Å². The smallest absolute Gasteiger partial charge is 0.126 e. The Morgan fingerprint density at radius 1 is 1.19 bits per heavy atom. The summed E-state index contributed by atoms with van der Waals surface area (Å²) in [7, 11) is 1.69. The maximum absolute atomic E-state index is 5.46. The molecule has 1 N–H and O–H groups in total. The molecule has 0 bridgehead atoms. The summed E-state index contributed by atoms with van der Waals surface area (Å²) in [6.07, 6.45) is 10.5. The van der Waals surface area contributed by atoms with Crippen molar-refractivity contribution in [3.8, 4) is 16.9 Å². The van der Waals surface area contributed by atoms with Gasteiger partial charge in [-0.3, -0.25) is 0 Å². The van der Waals surface area contributed by atoms with Gasteiger partial charge in [-0.1, -0.05) is 18.9 Å². The molecule has 4 heteroatoms. The molecule has 4 nitrogen and oxygen atoms in total. The molecule has 2 aromatic rings. The molecule has 1 saturated carbocycles. The van der Waals surface area contributed by atoms with Crippen LogP contribution in [0.2, 0.25) is 0 Å². The van der Waals surface area contributed by atoms with Gasteiger partial charge in [0.1, 0.15) is 12.1 Å². The van der Waals surface area contributed by atoms with E-state index in [2.05, 4.69) is 27.4 Å².